The van der Waals surface area contributed by atoms with Crippen molar-refractivity contribution >= 4 is 10.9 Å². The molecule has 2 heterocycles. The zero-order valence-electron chi connectivity index (χ0n) is 13.2. The van der Waals surface area contributed by atoms with E-state index in [-0.39, 0.29) is 11.4 Å². The first-order valence-electron chi connectivity index (χ1n) is 7.66. The summed E-state index contributed by atoms with van der Waals surface area (Å²) in [7, 11) is 0. The Bertz CT molecular complexity index is 1120. The molecule has 124 valence electrons. The summed E-state index contributed by atoms with van der Waals surface area (Å²) < 4.78 is 13.3. The van der Waals surface area contributed by atoms with Crippen LogP contribution in [0.2, 0.25) is 0 Å². The van der Waals surface area contributed by atoms with Crippen LogP contribution in [-0.4, -0.2) is 30.2 Å². The van der Waals surface area contributed by atoms with Crippen LogP contribution in [0.25, 0.3) is 22.3 Å². The van der Waals surface area contributed by atoms with Crippen LogP contribution in [0.4, 0.5) is 4.39 Å². The second kappa shape index (κ2) is 5.90. The molecule has 0 spiro atoms. The van der Waals surface area contributed by atoms with Gasteiger partial charge in [0.15, 0.2) is 0 Å². The first-order chi connectivity index (χ1) is 12.1. The van der Waals surface area contributed by atoms with Gasteiger partial charge in [-0.1, -0.05) is 24.3 Å². The SMILES string of the molecule is C[C@@H](c1nc2ccccc2c(=O)[nH]1)n1nnc(-c2cccc(F)c2)n1. The van der Waals surface area contributed by atoms with Gasteiger partial charge < -0.3 is 4.98 Å². The maximum absolute atomic E-state index is 13.3. The Morgan fingerprint density at radius 1 is 1.16 bits per heavy atom. The molecule has 4 rings (SSSR count). The van der Waals surface area contributed by atoms with Crippen molar-refractivity contribution < 1.29 is 4.39 Å². The molecule has 0 aliphatic carbocycles. The smallest absolute Gasteiger partial charge is 0.258 e. The Kier molecular flexibility index (Phi) is 3.57. The van der Waals surface area contributed by atoms with Crippen molar-refractivity contribution in [1.29, 1.82) is 0 Å². The van der Waals surface area contributed by atoms with Gasteiger partial charge >= 0.3 is 0 Å². The summed E-state index contributed by atoms with van der Waals surface area (Å²) in [5.74, 6) is 0.351. The molecule has 2 aromatic carbocycles. The van der Waals surface area contributed by atoms with Gasteiger partial charge in [0.1, 0.15) is 17.7 Å². The van der Waals surface area contributed by atoms with Crippen LogP contribution in [0, 0.1) is 5.82 Å². The van der Waals surface area contributed by atoms with E-state index in [1.165, 1.54) is 16.9 Å². The molecule has 0 amide bonds. The topological polar surface area (TPSA) is 89.4 Å². The van der Waals surface area contributed by atoms with Gasteiger partial charge in [0.2, 0.25) is 5.82 Å². The lowest BCUT2D eigenvalue weighted by Gasteiger charge is -2.09. The Labute approximate surface area is 141 Å². The van der Waals surface area contributed by atoms with Crippen molar-refractivity contribution in [2.24, 2.45) is 0 Å². The van der Waals surface area contributed by atoms with Crippen molar-refractivity contribution in [2.45, 2.75) is 13.0 Å². The van der Waals surface area contributed by atoms with E-state index in [2.05, 4.69) is 25.4 Å². The highest BCUT2D eigenvalue weighted by Gasteiger charge is 2.16. The molecular weight excluding hydrogens is 323 g/mol. The van der Waals surface area contributed by atoms with Gasteiger partial charge in [-0.05, 0) is 36.4 Å². The number of rotatable bonds is 3. The third-order valence-electron chi connectivity index (χ3n) is 3.88. The lowest BCUT2D eigenvalue weighted by Crippen LogP contribution is -2.19. The first-order valence-corrected chi connectivity index (χ1v) is 7.66. The van der Waals surface area contributed by atoms with Crippen molar-refractivity contribution in [3.63, 3.8) is 0 Å². The summed E-state index contributed by atoms with van der Waals surface area (Å²) in [5.41, 5.74) is 0.898. The van der Waals surface area contributed by atoms with Crippen LogP contribution < -0.4 is 5.56 Å². The van der Waals surface area contributed by atoms with Crippen LogP contribution >= 0.6 is 0 Å². The third-order valence-corrected chi connectivity index (χ3v) is 3.88. The van der Waals surface area contributed by atoms with Crippen LogP contribution in [0.15, 0.2) is 53.3 Å². The molecule has 8 heteroatoms. The molecule has 1 N–H and O–H groups in total. The second-order valence-corrected chi connectivity index (χ2v) is 5.59. The number of tetrazole rings is 1. The Balaban J connectivity index is 1.72. The maximum atomic E-state index is 13.3. The quantitative estimate of drug-likeness (QED) is 0.620. The minimum absolute atomic E-state index is 0.224. The van der Waals surface area contributed by atoms with Gasteiger partial charge in [0.25, 0.3) is 5.56 Å². The van der Waals surface area contributed by atoms with E-state index >= 15 is 0 Å². The van der Waals surface area contributed by atoms with Crippen molar-refractivity contribution in [3.05, 3.63) is 70.5 Å². The molecule has 1 atom stereocenters. The number of halogens is 1. The first kappa shape index (κ1) is 15.1. The standard InChI is InChI=1S/C17H13FN6O/c1-10(15-19-14-8-3-2-7-13(14)17(25)20-15)24-22-16(21-23-24)11-5-4-6-12(18)9-11/h2-10H,1H3,(H,19,20,25)/t10-/m0/s1. The molecule has 0 saturated heterocycles. The normalized spacial score (nSPS) is 12.4. The van der Waals surface area contributed by atoms with Crippen molar-refractivity contribution in [2.75, 3.05) is 0 Å². The monoisotopic (exact) mass is 336 g/mol. The number of hydrogen-bond donors (Lipinski definition) is 1. The molecule has 2 aromatic heterocycles. The molecule has 0 aliphatic heterocycles. The number of fused-ring (bicyclic) bond motifs is 1. The zero-order chi connectivity index (χ0) is 17.4. The number of benzene rings is 2. The Morgan fingerprint density at radius 2 is 2.00 bits per heavy atom. The van der Waals surface area contributed by atoms with Crippen LogP contribution in [0.1, 0.15) is 18.8 Å². The lowest BCUT2D eigenvalue weighted by atomic mass is 10.2. The highest BCUT2D eigenvalue weighted by molar-refractivity contribution is 5.77. The van der Waals surface area contributed by atoms with E-state index in [0.29, 0.717) is 28.1 Å². The fraction of sp³-hybridized carbons (Fsp3) is 0.118. The molecule has 25 heavy (non-hydrogen) atoms. The Morgan fingerprint density at radius 3 is 2.84 bits per heavy atom. The van der Waals surface area contributed by atoms with Crippen molar-refractivity contribution in [3.8, 4) is 11.4 Å². The highest BCUT2D eigenvalue weighted by Crippen LogP contribution is 2.17. The minimum atomic E-state index is -0.438. The van der Waals surface area contributed by atoms with Gasteiger partial charge in [-0.15, -0.1) is 10.2 Å². The van der Waals surface area contributed by atoms with Gasteiger partial charge in [-0.25, -0.2) is 9.37 Å². The number of aromatic amines is 1. The van der Waals surface area contributed by atoms with Gasteiger partial charge in [-0.2, -0.15) is 4.80 Å². The summed E-state index contributed by atoms with van der Waals surface area (Å²) in [6, 6.07) is 12.6. The predicted octanol–water partition coefficient (Wildman–Crippen LogP) is 2.33. The number of H-pyrrole nitrogens is 1. The maximum Gasteiger partial charge on any atom is 0.258 e. The number of para-hydroxylation sites is 1. The summed E-state index contributed by atoms with van der Waals surface area (Å²) in [4.78, 5) is 20.8. The van der Waals surface area contributed by atoms with E-state index in [4.69, 9.17) is 0 Å². The molecule has 0 aliphatic rings. The molecular formula is C17H13FN6O. The number of aromatic nitrogens is 6. The van der Waals surface area contributed by atoms with Crippen molar-refractivity contribution in [1.82, 2.24) is 30.2 Å². The van der Waals surface area contributed by atoms with Gasteiger partial charge in [0, 0.05) is 5.56 Å². The predicted molar refractivity (Wildman–Crippen MR) is 89.4 cm³/mol. The fourth-order valence-electron chi connectivity index (χ4n) is 2.54. The van der Waals surface area contributed by atoms with E-state index in [0.717, 1.165) is 0 Å². The average molecular weight is 336 g/mol. The van der Waals surface area contributed by atoms with Gasteiger partial charge in [-0.3, -0.25) is 4.79 Å². The summed E-state index contributed by atoms with van der Waals surface area (Å²) >= 11 is 0. The molecule has 0 radical (unpaired) electrons. The molecule has 0 saturated carbocycles. The van der Waals surface area contributed by atoms with Crippen LogP contribution in [0.3, 0.4) is 0 Å². The van der Waals surface area contributed by atoms with E-state index in [1.807, 2.05) is 6.07 Å². The lowest BCUT2D eigenvalue weighted by molar-refractivity contribution is 0.462. The second-order valence-electron chi connectivity index (χ2n) is 5.59. The molecule has 0 bridgehead atoms. The number of hydrogen-bond acceptors (Lipinski definition) is 5. The highest BCUT2D eigenvalue weighted by atomic mass is 19.1. The van der Waals surface area contributed by atoms with Crippen LogP contribution in [-0.2, 0) is 0 Å². The summed E-state index contributed by atoms with van der Waals surface area (Å²) in [6.45, 7) is 1.80. The fourth-order valence-corrected chi connectivity index (χ4v) is 2.54. The third kappa shape index (κ3) is 2.78. The molecule has 0 fully saturated rings. The van der Waals surface area contributed by atoms with E-state index < -0.39 is 6.04 Å². The molecule has 4 aromatic rings. The number of nitrogens with zero attached hydrogens (tertiary/aromatic N) is 5. The molecule has 0 unspecified atom stereocenters. The Hall–Kier alpha value is -3.42. The number of nitrogens with one attached hydrogen (secondary N) is 1. The van der Waals surface area contributed by atoms with E-state index in [9.17, 15) is 9.18 Å². The van der Waals surface area contributed by atoms with Crippen LogP contribution in [0.5, 0.6) is 0 Å². The molecule has 7 nitrogen and oxygen atoms in total. The largest absolute Gasteiger partial charge is 0.308 e. The average Bonchev–Trinajstić information content (AvgIpc) is 3.11. The van der Waals surface area contributed by atoms with Gasteiger partial charge in [0.05, 0.1) is 10.9 Å². The minimum Gasteiger partial charge on any atom is -0.308 e. The zero-order valence-corrected chi connectivity index (χ0v) is 13.2. The summed E-state index contributed by atoms with van der Waals surface area (Å²) in [5, 5.41) is 12.7. The van der Waals surface area contributed by atoms with E-state index in [1.54, 1.807) is 37.3 Å². The summed E-state index contributed by atoms with van der Waals surface area (Å²) in [6.07, 6.45) is 0.